The van der Waals surface area contributed by atoms with Crippen molar-refractivity contribution in [3.63, 3.8) is 0 Å². The fraction of sp³-hybridized carbons (Fsp3) is 0.273. The van der Waals surface area contributed by atoms with Gasteiger partial charge in [0.05, 0.1) is 6.10 Å². The van der Waals surface area contributed by atoms with E-state index in [-0.39, 0.29) is 6.54 Å². The first-order valence-corrected chi connectivity index (χ1v) is 4.92. The monoisotopic (exact) mass is 222 g/mol. The Morgan fingerprint density at radius 3 is 2.44 bits per heavy atom. The number of nitrogens with one attached hydrogen (secondary N) is 2. The molecule has 0 aliphatic carbocycles. The number of amides is 2. The molecule has 1 rings (SSSR count). The zero-order valence-corrected chi connectivity index (χ0v) is 8.93. The van der Waals surface area contributed by atoms with Crippen molar-refractivity contribution >= 4 is 17.5 Å². The highest BCUT2D eigenvalue weighted by Crippen LogP contribution is 2.04. The number of para-hydroxylation sites is 1. The molecule has 0 radical (unpaired) electrons. The zero-order valence-electron chi connectivity index (χ0n) is 8.93. The molecule has 0 bridgehead atoms. The molecule has 0 saturated carbocycles. The fourth-order valence-corrected chi connectivity index (χ4v) is 1.03. The molecule has 1 atom stereocenters. The van der Waals surface area contributed by atoms with Crippen molar-refractivity contribution < 1.29 is 14.7 Å². The predicted octanol–water partition coefficient (Wildman–Crippen LogP) is 0.122. The smallest absolute Gasteiger partial charge is 0.313 e. The summed E-state index contributed by atoms with van der Waals surface area (Å²) in [5.74, 6) is -1.50. The third kappa shape index (κ3) is 4.10. The standard InChI is InChI=1S/C11H14N2O3/c1-8(14)7-12-10(15)11(16)13-9-5-3-2-4-6-9/h2-6,8,14H,7H2,1H3,(H,12,15)(H,13,16)/t8-/m0/s1. The lowest BCUT2D eigenvalue weighted by atomic mass is 10.3. The van der Waals surface area contributed by atoms with Crippen LogP contribution in [-0.4, -0.2) is 29.6 Å². The van der Waals surface area contributed by atoms with Crippen LogP contribution in [0.3, 0.4) is 0 Å². The maximum Gasteiger partial charge on any atom is 0.313 e. The summed E-state index contributed by atoms with van der Waals surface area (Å²) >= 11 is 0. The van der Waals surface area contributed by atoms with E-state index in [0.717, 1.165) is 0 Å². The van der Waals surface area contributed by atoms with Gasteiger partial charge in [-0.15, -0.1) is 0 Å². The molecule has 5 nitrogen and oxygen atoms in total. The van der Waals surface area contributed by atoms with Crippen LogP contribution in [0.1, 0.15) is 6.92 Å². The normalized spacial score (nSPS) is 11.6. The van der Waals surface area contributed by atoms with Crippen molar-refractivity contribution in [2.24, 2.45) is 0 Å². The first-order chi connectivity index (χ1) is 7.59. The summed E-state index contributed by atoms with van der Waals surface area (Å²) in [5.41, 5.74) is 0.555. The number of hydrogen-bond acceptors (Lipinski definition) is 3. The lowest BCUT2D eigenvalue weighted by Gasteiger charge is -2.07. The SMILES string of the molecule is C[C@H](O)CNC(=O)C(=O)Nc1ccccc1. The molecule has 0 saturated heterocycles. The number of carbonyl (C=O) groups excluding carboxylic acids is 2. The molecule has 5 heteroatoms. The van der Waals surface area contributed by atoms with Crippen LogP contribution in [0.15, 0.2) is 30.3 Å². The summed E-state index contributed by atoms with van der Waals surface area (Å²) in [4.78, 5) is 22.5. The van der Waals surface area contributed by atoms with E-state index in [0.29, 0.717) is 5.69 Å². The topological polar surface area (TPSA) is 78.4 Å². The van der Waals surface area contributed by atoms with Crippen LogP contribution < -0.4 is 10.6 Å². The molecule has 3 N–H and O–H groups in total. The summed E-state index contributed by atoms with van der Waals surface area (Å²) < 4.78 is 0. The highest BCUT2D eigenvalue weighted by atomic mass is 16.3. The van der Waals surface area contributed by atoms with Crippen LogP contribution in [0.4, 0.5) is 5.69 Å². The van der Waals surface area contributed by atoms with E-state index in [9.17, 15) is 9.59 Å². The van der Waals surface area contributed by atoms with Gasteiger partial charge in [-0.2, -0.15) is 0 Å². The van der Waals surface area contributed by atoms with Gasteiger partial charge in [0.15, 0.2) is 0 Å². The molecule has 0 fully saturated rings. The Morgan fingerprint density at radius 1 is 1.25 bits per heavy atom. The van der Waals surface area contributed by atoms with Crippen LogP contribution in [0.2, 0.25) is 0 Å². The minimum Gasteiger partial charge on any atom is -0.392 e. The average Bonchev–Trinajstić information content (AvgIpc) is 2.27. The first kappa shape index (κ1) is 12.2. The van der Waals surface area contributed by atoms with Gasteiger partial charge in [-0.05, 0) is 19.1 Å². The number of aliphatic hydroxyl groups is 1. The Kier molecular flexibility index (Phi) is 4.47. The van der Waals surface area contributed by atoms with Gasteiger partial charge in [-0.1, -0.05) is 18.2 Å². The second-order valence-electron chi connectivity index (χ2n) is 3.38. The van der Waals surface area contributed by atoms with Crippen molar-refractivity contribution in [3.05, 3.63) is 30.3 Å². The van der Waals surface area contributed by atoms with Crippen molar-refractivity contribution in [2.45, 2.75) is 13.0 Å². The minimum atomic E-state index is -0.759. The number of hydrogen-bond donors (Lipinski definition) is 3. The van der Waals surface area contributed by atoms with Crippen LogP contribution in [-0.2, 0) is 9.59 Å². The molecule has 0 heterocycles. The fourth-order valence-electron chi connectivity index (χ4n) is 1.03. The maximum absolute atomic E-state index is 11.3. The molecule has 0 aromatic heterocycles. The van der Waals surface area contributed by atoms with Crippen LogP contribution in [0.25, 0.3) is 0 Å². The van der Waals surface area contributed by atoms with Gasteiger partial charge in [-0.3, -0.25) is 9.59 Å². The lowest BCUT2D eigenvalue weighted by molar-refractivity contribution is -0.136. The van der Waals surface area contributed by atoms with E-state index in [1.165, 1.54) is 6.92 Å². The minimum absolute atomic E-state index is 0.0566. The molecule has 1 aromatic rings. The van der Waals surface area contributed by atoms with Gasteiger partial charge in [0, 0.05) is 12.2 Å². The number of aliphatic hydroxyl groups excluding tert-OH is 1. The molecule has 0 aliphatic heterocycles. The predicted molar refractivity (Wildman–Crippen MR) is 59.8 cm³/mol. The van der Waals surface area contributed by atoms with Gasteiger partial charge in [-0.25, -0.2) is 0 Å². The molecule has 2 amide bonds. The van der Waals surface area contributed by atoms with Crippen LogP contribution in [0.5, 0.6) is 0 Å². The van der Waals surface area contributed by atoms with E-state index in [2.05, 4.69) is 10.6 Å². The third-order valence-corrected chi connectivity index (χ3v) is 1.80. The number of benzene rings is 1. The average molecular weight is 222 g/mol. The van der Waals surface area contributed by atoms with E-state index in [1.807, 2.05) is 6.07 Å². The van der Waals surface area contributed by atoms with Gasteiger partial charge in [0.25, 0.3) is 0 Å². The van der Waals surface area contributed by atoms with Gasteiger partial charge in [0.1, 0.15) is 0 Å². The second kappa shape index (κ2) is 5.87. The summed E-state index contributed by atoms with van der Waals surface area (Å²) in [6, 6.07) is 8.68. The lowest BCUT2D eigenvalue weighted by Crippen LogP contribution is -2.38. The Hall–Kier alpha value is -1.88. The highest BCUT2D eigenvalue weighted by molar-refractivity contribution is 6.39. The molecule has 0 aliphatic rings. The largest absolute Gasteiger partial charge is 0.392 e. The van der Waals surface area contributed by atoms with E-state index in [4.69, 9.17) is 5.11 Å². The summed E-state index contributed by atoms with van der Waals surface area (Å²) in [7, 11) is 0. The van der Waals surface area contributed by atoms with Crippen molar-refractivity contribution in [1.29, 1.82) is 0 Å². The molecular weight excluding hydrogens is 208 g/mol. The van der Waals surface area contributed by atoms with Crippen molar-refractivity contribution in [1.82, 2.24) is 5.32 Å². The van der Waals surface area contributed by atoms with Crippen LogP contribution >= 0.6 is 0 Å². The van der Waals surface area contributed by atoms with Gasteiger partial charge >= 0.3 is 11.8 Å². The van der Waals surface area contributed by atoms with E-state index in [1.54, 1.807) is 24.3 Å². The Labute approximate surface area is 93.5 Å². The summed E-state index contributed by atoms with van der Waals surface area (Å²) in [6.45, 7) is 1.58. The molecule has 0 unspecified atom stereocenters. The highest BCUT2D eigenvalue weighted by Gasteiger charge is 2.13. The molecule has 16 heavy (non-hydrogen) atoms. The van der Waals surface area contributed by atoms with E-state index >= 15 is 0 Å². The Balaban J connectivity index is 2.44. The quantitative estimate of drug-likeness (QED) is 0.636. The number of rotatable bonds is 3. The molecule has 86 valence electrons. The van der Waals surface area contributed by atoms with Crippen molar-refractivity contribution in [3.8, 4) is 0 Å². The Morgan fingerprint density at radius 2 is 1.88 bits per heavy atom. The number of anilines is 1. The summed E-state index contributed by atoms with van der Waals surface area (Å²) in [5, 5.41) is 13.7. The second-order valence-corrected chi connectivity index (χ2v) is 3.38. The third-order valence-electron chi connectivity index (χ3n) is 1.80. The van der Waals surface area contributed by atoms with Gasteiger partial charge < -0.3 is 15.7 Å². The Bertz CT molecular complexity index is 363. The molecule has 0 spiro atoms. The first-order valence-electron chi connectivity index (χ1n) is 4.92. The number of carbonyl (C=O) groups is 2. The molecular formula is C11H14N2O3. The van der Waals surface area contributed by atoms with Gasteiger partial charge in [0.2, 0.25) is 0 Å². The van der Waals surface area contributed by atoms with Crippen LogP contribution in [0, 0.1) is 0 Å². The molecule has 1 aromatic carbocycles. The maximum atomic E-state index is 11.3. The van der Waals surface area contributed by atoms with E-state index < -0.39 is 17.9 Å². The van der Waals surface area contributed by atoms with Crippen molar-refractivity contribution in [2.75, 3.05) is 11.9 Å². The zero-order chi connectivity index (χ0) is 12.0. The summed E-state index contributed by atoms with van der Waals surface area (Å²) in [6.07, 6.45) is -0.673.